The molecule has 1 rings (SSSR count). The average molecular weight is 358 g/mol. The molecule has 124 valence electrons. The van der Waals surface area contributed by atoms with E-state index in [-0.39, 0.29) is 36.8 Å². The number of rotatable bonds is 8. The number of thiazole rings is 1. The van der Waals surface area contributed by atoms with Crippen molar-refractivity contribution in [3.63, 3.8) is 0 Å². The topological polar surface area (TPSA) is 63.2 Å². The number of hydrogen-bond acceptors (Lipinski definition) is 5. The Hall–Kier alpha value is -0.400. The maximum absolute atomic E-state index is 12.0. The first-order chi connectivity index (χ1) is 9.10. The van der Waals surface area contributed by atoms with Gasteiger partial charge in [0, 0.05) is 20.2 Å². The molecule has 5 nitrogen and oxygen atoms in total. The summed E-state index contributed by atoms with van der Waals surface area (Å²) in [6.07, 6.45) is 1.02. The van der Waals surface area contributed by atoms with Gasteiger partial charge in [-0.15, -0.1) is 36.2 Å². The van der Waals surface area contributed by atoms with Crippen LogP contribution in [0.2, 0.25) is 0 Å². The van der Waals surface area contributed by atoms with Gasteiger partial charge < -0.3 is 15.4 Å². The third-order valence-electron chi connectivity index (χ3n) is 2.73. The first-order valence-corrected chi connectivity index (χ1v) is 7.40. The molecule has 0 radical (unpaired) electrons. The van der Waals surface area contributed by atoms with E-state index in [1.54, 1.807) is 7.11 Å². The molecule has 1 atom stereocenters. The molecule has 0 aromatic carbocycles. The molecule has 8 heteroatoms. The molecule has 2 N–H and O–H groups in total. The van der Waals surface area contributed by atoms with Crippen LogP contribution in [-0.4, -0.2) is 37.6 Å². The van der Waals surface area contributed by atoms with E-state index in [9.17, 15) is 4.79 Å². The molecule has 1 amide bonds. The van der Waals surface area contributed by atoms with E-state index in [1.807, 2.05) is 13.8 Å². The minimum atomic E-state index is -0.0727. The van der Waals surface area contributed by atoms with E-state index in [0.29, 0.717) is 11.4 Å². The summed E-state index contributed by atoms with van der Waals surface area (Å²) >= 11 is 1.40. The van der Waals surface area contributed by atoms with Gasteiger partial charge in [-0.05, 0) is 26.8 Å². The average Bonchev–Trinajstić information content (AvgIpc) is 2.79. The Labute approximate surface area is 143 Å². The van der Waals surface area contributed by atoms with Crippen LogP contribution < -0.4 is 10.6 Å². The van der Waals surface area contributed by atoms with Crippen LogP contribution >= 0.6 is 36.2 Å². The van der Waals surface area contributed by atoms with Gasteiger partial charge in [0.2, 0.25) is 0 Å². The van der Waals surface area contributed by atoms with Crippen LogP contribution in [0, 0.1) is 6.92 Å². The SMILES string of the molecule is CCCNCCNC(=O)c1sc(C(C)OC)nc1C.Cl.Cl. The minimum Gasteiger partial charge on any atom is -0.375 e. The fourth-order valence-corrected chi connectivity index (χ4v) is 2.56. The quantitative estimate of drug-likeness (QED) is 0.702. The first-order valence-electron chi connectivity index (χ1n) is 6.59. The monoisotopic (exact) mass is 357 g/mol. The molecule has 0 aliphatic heterocycles. The van der Waals surface area contributed by atoms with Crippen molar-refractivity contribution < 1.29 is 9.53 Å². The second kappa shape index (κ2) is 12.2. The molecule has 0 aliphatic rings. The molecule has 21 heavy (non-hydrogen) atoms. The molecule has 0 saturated heterocycles. The predicted molar refractivity (Wildman–Crippen MR) is 92.3 cm³/mol. The Morgan fingerprint density at radius 3 is 2.57 bits per heavy atom. The number of aryl methyl sites for hydroxylation is 1. The van der Waals surface area contributed by atoms with Crippen molar-refractivity contribution in [1.82, 2.24) is 15.6 Å². The van der Waals surface area contributed by atoms with Crippen molar-refractivity contribution in [2.45, 2.75) is 33.3 Å². The van der Waals surface area contributed by atoms with Crippen LogP contribution in [-0.2, 0) is 4.74 Å². The molecule has 0 saturated carbocycles. The summed E-state index contributed by atoms with van der Waals surface area (Å²) in [6.45, 7) is 8.29. The van der Waals surface area contributed by atoms with E-state index in [2.05, 4.69) is 22.5 Å². The van der Waals surface area contributed by atoms with Crippen LogP contribution in [0.15, 0.2) is 0 Å². The summed E-state index contributed by atoms with van der Waals surface area (Å²) in [5, 5.41) is 6.98. The zero-order valence-corrected chi connectivity index (χ0v) is 15.3. The molecular weight excluding hydrogens is 333 g/mol. The largest absolute Gasteiger partial charge is 0.375 e. The standard InChI is InChI=1S/C13H23N3O2S.2ClH/c1-5-6-14-7-8-15-12(17)11-9(2)16-13(19-11)10(3)18-4;;/h10,14H,5-8H2,1-4H3,(H,15,17);2*1H. The highest BCUT2D eigenvalue weighted by molar-refractivity contribution is 7.13. The predicted octanol–water partition coefficient (Wildman–Crippen LogP) is 2.73. The zero-order chi connectivity index (χ0) is 14.3. The summed E-state index contributed by atoms with van der Waals surface area (Å²) in [5.74, 6) is -0.0529. The first kappa shape index (κ1) is 22.9. The number of hydrogen-bond donors (Lipinski definition) is 2. The van der Waals surface area contributed by atoms with E-state index in [1.165, 1.54) is 11.3 Å². The molecule has 0 spiro atoms. The molecule has 0 fully saturated rings. The number of carbonyl (C=O) groups is 1. The Morgan fingerprint density at radius 2 is 2.00 bits per heavy atom. The summed E-state index contributed by atoms with van der Waals surface area (Å²) in [4.78, 5) is 17.1. The fraction of sp³-hybridized carbons (Fsp3) is 0.692. The van der Waals surface area contributed by atoms with Gasteiger partial charge in [0.05, 0.1) is 5.69 Å². The lowest BCUT2D eigenvalue weighted by atomic mass is 10.3. The lowest BCUT2D eigenvalue weighted by Crippen LogP contribution is -2.32. The van der Waals surface area contributed by atoms with Crippen molar-refractivity contribution in [2.24, 2.45) is 0 Å². The van der Waals surface area contributed by atoms with Crippen LogP contribution in [0.5, 0.6) is 0 Å². The summed E-state index contributed by atoms with van der Waals surface area (Å²) in [6, 6.07) is 0. The smallest absolute Gasteiger partial charge is 0.263 e. The third kappa shape index (κ3) is 7.42. The minimum absolute atomic E-state index is 0. The van der Waals surface area contributed by atoms with Crippen molar-refractivity contribution in [3.05, 3.63) is 15.6 Å². The Kier molecular flexibility index (Phi) is 13.3. The Morgan fingerprint density at radius 1 is 1.33 bits per heavy atom. The third-order valence-corrected chi connectivity index (χ3v) is 4.05. The highest BCUT2D eigenvalue weighted by Crippen LogP contribution is 2.25. The molecular formula is C13H25Cl2N3O2S. The second-order valence-electron chi connectivity index (χ2n) is 4.35. The van der Waals surface area contributed by atoms with E-state index in [0.717, 1.165) is 30.2 Å². The number of halogens is 2. The van der Waals surface area contributed by atoms with Crippen molar-refractivity contribution in [2.75, 3.05) is 26.7 Å². The summed E-state index contributed by atoms with van der Waals surface area (Å²) in [7, 11) is 1.64. The van der Waals surface area contributed by atoms with Crippen LogP contribution in [0.25, 0.3) is 0 Å². The highest BCUT2D eigenvalue weighted by Gasteiger charge is 2.17. The van der Waals surface area contributed by atoms with Gasteiger partial charge in [-0.3, -0.25) is 4.79 Å². The Balaban J connectivity index is 0. The number of nitrogens with zero attached hydrogens (tertiary/aromatic N) is 1. The number of amides is 1. The van der Waals surface area contributed by atoms with E-state index >= 15 is 0 Å². The number of aromatic nitrogens is 1. The molecule has 1 unspecified atom stereocenters. The lowest BCUT2D eigenvalue weighted by molar-refractivity contribution is 0.0957. The van der Waals surface area contributed by atoms with E-state index in [4.69, 9.17) is 4.74 Å². The van der Waals surface area contributed by atoms with E-state index < -0.39 is 0 Å². The second-order valence-corrected chi connectivity index (χ2v) is 5.38. The molecule has 1 heterocycles. The fourth-order valence-electron chi connectivity index (χ4n) is 1.55. The van der Waals surface area contributed by atoms with Crippen LogP contribution in [0.3, 0.4) is 0 Å². The van der Waals surface area contributed by atoms with Gasteiger partial charge in [0.1, 0.15) is 16.0 Å². The van der Waals surface area contributed by atoms with Gasteiger partial charge in [-0.2, -0.15) is 0 Å². The Bertz CT molecular complexity index is 416. The lowest BCUT2D eigenvalue weighted by Gasteiger charge is -2.05. The molecule has 0 aliphatic carbocycles. The molecule has 1 aromatic rings. The van der Waals surface area contributed by atoms with Gasteiger partial charge in [0.25, 0.3) is 5.91 Å². The van der Waals surface area contributed by atoms with Crippen molar-refractivity contribution in [3.8, 4) is 0 Å². The molecule has 1 aromatic heterocycles. The van der Waals surface area contributed by atoms with Gasteiger partial charge in [-0.1, -0.05) is 6.92 Å². The number of ether oxygens (including phenoxy) is 1. The maximum atomic E-state index is 12.0. The summed E-state index contributed by atoms with van der Waals surface area (Å²) in [5.41, 5.74) is 0.767. The van der Waals surface area contributed by atoms with Gasteiger partial charge in [0.15, 0.2) is 0 Å². The highest BCUT2D eigenvalue weighted by atomic mass is 35.5. The number of nitrogens with one attached hydrogen (secondary N) is 2. The number of carbonyl (C=O) groups excluding carboxylic acids is 1. The molecule has 0 bridgehead atoms. The normalized spacial score (nSPS) is 11.2. The number of methoxy groups -OCH3 is 1. The van der Waals surface area contributed by atoms with Crippen LogP contribution in [0.1, 0.15) is 46.7 Å². The van der Waals surface area contributed by atoms with Crippen molar-refractivity contribution >= 4 is 42.1 Å². The van der Waals surface area contributed by atoms with Crippen LogP contribution in [0.4, 0.5) is 0 Å². The van der Waals surface area contributed by atoms with Crippen molar-refractivity contribution in [1.29, 1.82) is 0 Å². The zero-order valence-electron chi connectivity index (χ0n) is 12.9. The van der Waals surface area contributed by atoms with Gasteiger partial charge >= 0.3 is 0 Å². The van der Waals surface area contributed by atoms with Gasteiger partial charge in [-0.25, -0.2) is 4.98 Å². The maximum Gasteiger partial charge on any atom is 0.263 e. The summed E-state index contributed by atoms with van der Waals surface area (Å²) < 4.78 is 5.22.